The second kappa shape index (κ2) is 10.5. The average Bonchev–Trinajstić information content (AvgIpc) is 2.69. The fourth-order valence-electron chi connectivity index (χ4n) is 3.15. The smallest absolute Gasteiger partial charge is 0.191 e. The second-order valence-corrected chi connectivity index (χ2v) is 9.58. The summed E-state index contributed by atoms with van der Waals surface area (Å²) in [6, 6.07) is 15.1. The molecule has 0 atom stereocenters. The van der Waals surface area contributed by atoms with Crippen molar-refractivity contribution in [2.45, 2.75) is 50.2 Å². The van der Waals surface area contributed by atoms with E-state index in [1.807, 2.05) is 37.3 Å². The van der Waals surface area contributed by atoms with Gasteiger partial charge in [0.2, 0.25) is 0 Å². The molecule has 1 saturated carbocycles. The van der Waals surface area contributed by atoms with Crippen LogP contribution < -0.4 is 15.4 Å². The number of para-hydroxylation sites is 1. The van der Waals surface area contributed by atoms with Crippen LogP contribution in [-0.4, -0.2) is 39.8 Å². The molecule has 1 aliphatic rings. The number of benzene rings is 2. The van der Waals surface area contributed by atoms with Crippen molar-refractivity contribution < 1.29 is 13.2 Å². The van der Waals surface area contributed by atoms with Gasteiger partial charge in [-0.3, -0.25) is 0 Å². The molecule has 7 heteroatoms. The van der Waals surface area contributed by atoms with Gasteiger partial charge in [-0.1, -0.05) is 30.3 Å². The Bertz CT molecular complexity index is 952. The average molecular weight is 430 g/mol. The maximum Gasteiger partial charge on any atom is 0.191 e. The summed E-state index contributed by atoms with van der Waals surface area (Å²) in [5.41, 5.74) is 2.16. The van der Waals surface area contributed by atoms with Gasteiger partial charge in [-0.25, -0.2) is 13.4 Å². The molecule has 2 aromatic rings. The van der Waals surface area contributed by atoms with Crippen molar-refractivity contribution in [1.82, 2.24) is 10.6 Å². The highest BCUT2D eigenvalue weighted by Crippen LogP contribution is 2.27. The van der Waals surface area contributed by atoms with Crippen LogP contribution in [0.1, 0.15) is 37.3 Å². The molecule has 1 aliphatic carbocycles. The molecule has 0 saturated heterocycles. The fraction of sp³-hybridized carbons (Fsp3) is 0.435. The molecule has 30 heavy (non-hydrogen) atoms. The van der Waals surface area contributed by atoms with E-state index in [-0.39, 0.29) is 0 Å². The number of hydrogen-bond donors (Lipinski definition) is 2. The van der Waals surface area contributed by atoms with Gasteiger partial charge in [-0.15, -0.1) is 0 Å². The van der Waals surface area contributed by atoms with Crippen LogP contribution in [0.5, 0.6) is 5.75 Å². The summed E-state index contributed by atoms with van der Waals surface area (Å²) in [6.45, 7) is 4.05. The van der Waals surface area contributed by atoms with Gasteiger partial charge in [0, 0.05) is 24.9 Å². The molecule has 0 aromatic heterocycles. The Morgan fingerprint density at radius 1 is 1.10 bits per heavy atom. The van der Waals surface area contributed by atoms with Crippen LogP contribution in [0.3, 0.4) is 0 Å². The first-order chi connectivity index (χ1) is 14.5. The molecule has 0 unspecified atom stereocenters. The van der Waals surface area contributed by atoms with E-state index in [1.165, 1.54) is 12.7 Å². The summed E-state index contributed by atoms with van der Waals surface area (Å²) in [5.74, 6) is 1.68. The molecule has 0 radical (unpaired) electrons. The van der Waals surface area contributed by atoms with E-state index in [0.717, 1.165) is 48.6 Å². The molecule has 2 aromatic carbocycles. The normalized spacial score (nSPS) is 14.8. The zero-order valence-electron chi connectivity index (χ0n) is 17.7. The Morgan fingerprint density at radius 3 is 2.47 bits per heavy atom. The maximum absolute atomic E-state index is 11.6. The van der Waals surface area contributed by atoms with Crippen molar-refractivity contribution in [3.63, 3.8) is 0 Å². The van der Waals surface area contributed by atoms with E-state index < -0.39 is 9.84 Å². The Kier molecular flexibility index (Phi) is 7.74. The van der Waals surface area contributed by atoms with Gasteiger partial charge in [0.15, 0.2) is 15.8 Å². The molecule has 162 valence electrons. The Morgan fingerprint density at radius 2 is 1.83 bits per heavy atom. The monoisotopic (exact) mass is 429 g/mol. The van der Waals surface area contributed by atoms with Gasteiger partial charge in [0.25, 0.3) is 0 Å². The van der Waals surface area contributed by atoms with Gasteiger partial charge in [0.05, 0.1) is 17.5 Å². The fourth-order valence-corrected chi connectivity index (χ4v) is 3.78. The van der Waals surface area contributed by atoms with Gasteiger partial charge < -0.3 is 15.4 Å². The van der Waals surface area contributed by atoms with E-state index in [4.69, 9.17) is 9.73 Å². The van der Waals surface area contributed by atoms with Crippen molar-refractivity contribution in [1.29, 1.82) is 0 Å². The lowest BCUT2D eigenvalue weighted by atomic mass is 9.96. The number of guanidine groups is 1. The molecule has 0 amide bonds. The van der Waals surface area contributed by atoms with E-state index in [0.29, 0.717) is 24.1 Å². The molecular weight excluding hydrogens is 398 g/mol. The van der Waals surface area contributed by atoms with Crippen LogP contribution >= 0.6 is 0 Å². The number of aliphatic imine (C=N–C) groups is 1. The highest BCUT2D eigenvalue weighted by molar-refractivity contribution is 7.90. The minimum absolute atomic E-state index is 0.343. The van der Waals surface area contributed by atoms with Gasteiger partial charge in [-0.2, -0.15) is 0 Å². The summed E-state index contributed by atoms with van der Waals surface area (Å²) in [5, 5.41) is 6.62. The first kappa shape index (κ1) is 22.2. The summed E-state index contributed by atoms with van der Waals surface area (Å²) >= 11 is 0. The number of nitrogens with zero attached hydrogens (tertiary/aromatic N) is 1. The summed E-state index contributed by atoms with van der Waals surface area (Å²) in [4.78, 5) is 5.05. The topological polar surface area (TPSA) is 79.8 Å². The standard InChI is InChI=1S/C23H31N3O3S/c1-3-24-23(25-16-15-18-11-13-21(14-12-18)30(2,27)28)26-17-19-7-4-5-10-22(19)29-20-8-6-9-20/h4-5,7,10-14,20H,3,6,8-9,15-17H2,1-2H3,(H2,24,25,26). The second-order valence-electron chi connectivity index (χ2n) is 7.57. The number of ether oxygens (including phenoxy) is 1. The molecule has 2 N–H and O–H groups in total. The predicted molar refractivity (Wildman–Crippen MR) is 121 cm³/mol. The number of sulfone groups is 1. The molecule has 0 spiro atoms. The molecule has 3 rings (SSSR count). The van der Waals surface area contributed by atoms with Crippen LogP contribution in [0.25, 0.3) is 0 Å². The SMILES string of the molecule is CCNC(=NCc1ccccc1OC1CCC1)NCCc1ccc(S(C)(=O)=O)cc1. The van der Waals surface area contributed by atoms with Gasteiger partial charge >= 0.3 is 0 Å². The van der Waals surface area contributed by atoms with Crippen LogP contribution in [-0.2, 0) is 22.8 Å². The maximum atomic E-state index is 11.6. The highest BCUT2D eigenvalue weighted by Gasteiger charge is 2.20. The highest BCUT2D eigenvalue weighted by atomic mass is 32.2. The van der Waals surface area contributed by atoms with E-state index in [9.17, 15) is 8.42 Å². The Hall–Kier alpha value is -2.54. The molecule has 0 heterocycles. The summed E-state index contributed by atoms with van der Waals surface area (Å²) in [7, 11) is -3.16. The van der Waals surface area contributed by atoms with E-state index in [2.05, 4.69) is 16.7 Å². The third kappa shape index (κ3) is 6.49. The Balaban J connectivity index is 1.56. The largest absolute Gasteiger partial charge is 0.490 e. The lowest BCUT2D eigenvalue weighted by Crippen LogP contribution is -2.38. The third-order valence-electron chi connectivity index (χ3n) is 5.13. The summed E-state index contributed by atoms with van der Waals surface area (Å²) in [6.07, 6.45) is 5.85. The van der Waals surface area contributed by atoms with Crippen molar-refractivity contribution in [3.05, 3.63) is 59.7 Å². The Labute approximate surface area is 179 Å². The summed E-state index contributed by atoms with van der Waals surface area (Å²) < 4.78 is 29.2. The molecule has 0 bridgehead atoms. The molecule has 0 aliphatic heterocycles. The van der Waals surface area contributed by atoms with Crippen LogP contribution in [0.2, 0.25) is 0 Å². The van der Waals surface area contributed by atoms with Crippen LogP contribution in [0.15, 0.2) is 58.4 Å². The van der Waals surface area contributed by atoms with Crippen molar-refractivity contribution in [2.75, 3.05) is 19.3 Å². The molecular formula is C23H31N3O3S. The first-order valence-corrected chi connectivity index (χ1v) is 12.4. The van der Waals surface area contributed by atoms with Gasteiger partial charge in [0.1, 0.15) is 5.75 Å². The van der Waals surface area contributed by atoms with Crippen molar-refractivity contribution in [3.8, 4) is 5.75 Å². The number of hydrogen-bond acceptors (Lipinski definition) is 4. The van der Waals surface area contributed by atoms with Crippen LogP contribution in [0.4, 0.5) is 0 Å². The minimum atomic E-state index is -3.16. The zero-order chi connectivity index (χ0) is 21.4. The van der Waals surface area contributed by atoms with E-state index in [1.54, 1.807) is 12.1 Å². The van der Waals surface area contributed by atoms with E-state index >= 15 is 0 Å². The third-order valence-corrected chi connectivity index (χ3v) is 6.26. The zero-order valence-corrected chi connectivity index (χ0v) is 18.5. The quantitative estimate of drug-likeness (QED) is 0.472. The lowest BCUT2D eigenvalue weighted by Gasteiger charge is -2.27. The van der Waals surface area contributed by atoms with Crippen molar-refractivity contribution >= 4 is 15.8 Å². The van der Waals surface area contributed by atoms with Crippen molar-refractivity contribution in [2.24, 2.45) is 4.99 Å². The minimum Gasteiger partial charge on any atom is -0.490 e. The number of rotatable bonds is 9. The van der Waals surface area contributed by atoms with Crippen LogP contribution in [0, 0.1) is 0 Å². The predicted octanol–water partition coefficient (Wildman–Crippen LogP) is 3.32. The molecule has 1 fully saturated rings. The number of nitrogens with one attached hydrogen (secondary N) is 2. The lowest BCUT2D eigenvalue weighted by molar-refractivity contribution is 0.119. The first-order valence-electron chi connectivity index (χ1n) is 10.5. The van der Waals surface area contributed by atoms with Gasteiger partial charge in [-0.05, 0) is 56.4 Å². The molecule has 6 nitrogen and oxygen atoms in total.